The number of nitrogens with two attached hydrogens (primary N) is 1. The van der Waals surface area contributed by atoms with Gasteiger partial charge in [0, 0.05) is 44.3 Å². The summed E-state index contributed by atoms with van der Waals surface area (Å²) in [4.78, 5) is 17.9. The van der Waals surface area contributed by atoms with Gasteiger partial charge in [-0.1, -0.05) is 12.1 Å². The molecule has 0 heterocycles. The van der Waals surface area contributed by atoms with Crippen LogP contribution in [0.5, 0.6) is 0 Å². The van der Waals surface area contributed by atoms with Gasteiger partial charge in [-0.15, -0.1) is 0 Å². The zero-order chi connectivity index (χ0) is 18.1. The van der Waals surface area contributed by atoms with Crippen molar-refractivity contribution in [3.8, 4) is 0 Å². The highest BCUT2D eigenvalue weighted by Gasteiger charge is 2.12. The third kappa shape index (κ3) is 6.58. The molecule has 0 radical (unpaired) electrons. The third-order valence-corrected chi connectivity index (χ3v) is 3.88. The van der Waals surface area contributed by atoms with Gasteiger partial charge in [0.25, 0.3) is 0 Å². The number of nitrogens with zero attached hydrogens (tertiary/aromatic N) is 2. The van der Waals surface area contributed by atoms with E-state index in [1.54, 1.807) is 19.2 Å². The van der Waals surface area contributed by atoms with Crippen LogP contribution in [0, 0.1) is 0 Å². The van der Waals surface area contributed by atoms with E-state index in [1.807, 2.05) is 12.1 Å². The number of benzene rings is 1. The van der Waals surface area contributed by atoms with Gasteiger partial charge in [-0.3, -0.25) is 14.7 Å². The molecule has 0 aliphatic rings. The first-order chi connectivity index (χ1) is 11.3. The maximum Gasteiger partial charge on any atom is 0.248 e. The third-order valence-electron chi connectivity index (χ3n) is 3.88. The lowest BCUT2D eigenvalue weighted by Gasteiger charge is -2.30. The second kappa shape index (κ2) is 9.93. The molecule has 1 aromatic carbocycles. The van der Waals surface area contributed by atoms with Crippen molar-refractivity contribution >= 4 is 11.9 Å². The molecule has 0 aromatic heterocycles. The highest BCUT2D eigenvalue weighted by Crippen LogP contribution is 2.05. The number of primary amides is 1. The number of hydrogen-bond donors (Lipinski definition) is 3. The van der Waals surface area contributed by atoms with Crippen LogP contribution in [0.4, 0.5) is 0 Å². The Bertz CT molecular complexity index is 546. The molecule has 1 amide bonds. The molecule has 134 valence electrons. The average Bonchev–Trinajstić information content (AvgIpc) is 2.53. The van der Waals surface area contributed by atoms with Gasteiger partial charge >= 0.3 is 0 Å². The predicted molar refractivity (Wildman–Crippen MR) is 100 cm³/mol. The molecule has 24 heavy (non-hydrogen) atoms. The Balaban J connectivity index is 2.48. The topological polar surface area (TPSA) is 82.8 Å². The van der Waals surface area contributed by atoms with E-state index in [2.05, 4.69) is 48.2 Å². The molecule has 1 rings (SSSR count). The number of hydrogen-bond acceptors (Lipinski definition) is 3. The summed E-state index contributed by atoms with van der Waals surface area (Å²) in [6.07, 6.45) is 0. The lowest BCUT2D eigenvalue weighted by Crippen LogP contribution is -2.45. The highest BCUT2D eigenvalue weighted by molar-refractivity contribution is 5.92. The first-order valence-corrected chi connectivity index (χ1v) is 8.44. The summed E-state index contributed by atoms with van der Waals surface area (Å²) < 4.78 is 0. The van der Waals surface area contributed by atoms with Crippen molar-refractivity contribution < 1.29 is 4.79 Å². The number of rotatable bonds is 8. The van der Waals surface area contributed by atoms with Gasteiger partial charge in [-0.05, 0) is 45.4 Å². The second-order valence-corrected chi connectivity index (χ2v) is 6.34. The SMILES string of the molecule is CN=C(NCCN(C(C)C)C(C)C)NCc1cccc(C(N)=O)c1. The summed E-state index contributed by atoms with van der Waals surface area (Å²) in [5.74, 6) is 0.328. The minimum atomic E-state index is -0.415. The van der Waals surface area contributed by atoms with Crippen molar-refractivity contribution in [1.29, 1.82) is 0 Å². The van der Waals surface area contributed by atoms with Gasteiger partial charge in [-0.25, -0.2) is 0 Å². The fourth-order valence-corrected chi connectivity index (χ4v) is 2.66. The van der Waals surface area contributed by atoms with Crippen LogP contribution < -0.4 is 16.4 Å². The molecule has 0 spiro atoms. The molecule has 0 unspecified atom stereocenters. The summed E-state index contributed by atoms with van der Waals surface area (Å²) in [6.45, 7) is 11.2. The monoisotopic (exact) mass is 333 g/mol. The summed E-state index contributed by atoms with van der Waals surface area (Å²) in [7, 11) is 1.75. The van der Waals surface area contributed by atoms with E-state index < -0.39 is 5.91 Å². The molecule has 6 nitrogen and oxygen atoms in total. The van der Waals surface area contributed by atoms with Crippen LogP contribution >= 0.6 is 0 Å². The molecule has 0 aliphatic carbocycles. The van der Waals surface area contributed by atoms with Crippen LogP contribution in [0.25, 0.3) is 0 Å². The normalized spacial score (nSPS) is 12.1. The van der Waals surface area contributed by atoms with E-state index in [0.29, 0.717) is 24.2 Å². The first kappa shape index (κ1) is 20.0. The van der Waals surface area contributed by atoms with Crippen molar-refractivity contribution in [3.63, 3.8) is 0 Å². The number of aliphatic imine (C=N–C) groups is 1. The Morgan fingerprint density at radius 2 is 1.88 bits per heavy atom. The Kier molecular flexibility index (Phi) is 8.26. The predicted octanol–water partition coefficient (Wildman–Crippen LogP) is 1.57. The molecule has 0 bridgehead atoms. The fourth-order valence-electron chi connectivity index (χ4n) is 2.66. The molecule has 0 saturated carbocycles. The van der Waals surface area contributed by atoms with E-state index in [4.69, 9.17) is 5.73 Å². The van der Waals surface area contributed by atoms with E-state index in [-0.39, 0.29) is 0 Å². The van der Waals surface area contributed by atoms with Gasteiger partial charge in [0.05, 0.1) is 0 Å². The molecule has 1 aromatic rings. The molecule has 4 N–H and O–H groups in total. The number of carbonyl (C=O) groups is 1. The molecule has 0 aliphatic heterocycles. The lowest BCUT2D eigenvalue weighted by atomic mass is 10.1. The zero-order valence-corrected chi connectivity index (χ0v) is 15.5. The van der Waals surface area contributed by atoms with Crippen molar-refractivity contribution in [2.75, 3.05) is 20.1 Å². The Morgan fingerprint density at radius 3 is 2.42 bits per heavy atom. The Morgan fingerprint density at radius 1 is 1.21 bits per heavy atom. The smallest absolute Gasteiger partial charge is 0.248 e. The van der Waals surface area contributed by atoms with Crippen LogP contribution in [0.2, 0.25) is 0 Å². The number of guanidine groups is 1. The van der Waals surface area contributed by atoms with Crippen molar-refractivity contribution in [3.05, 3.63) is 35.4 Å². The maximum absolute atomic E-state index is 11.2. The van der Waals surface area contributed by atoms with Crippen molar-refractivity contribution in [1.82, 2.24) is 15.5 Å². The number of carbonyl (C=O) groups excluding carboxylic acids is 1. The van der Waals surface area contributed by atoms with E-state index >= 15 is 0 Å². The van der Waals surface area contributed by atoms with Crippen LogP contribution in [0.1, 0.15) is 43.6 Å². The van der Waals surface area contributed by atoms with Gasteiger partial charge in [-0.2, -0.15) is 0 Å². The van der Waals surface area contributed by atoms with Crippen LogP contribution in [-0.4, -0.2) is 49.0 Å². The zero-order valence-electron chi connectivity index (χ0n) is 15.5. The van der Waals surface area contributed by atoms with Crippen LogP contribution in [0.3, 0.4) is 0 Å². The molecule has 0 saturated heterocycles. The number of amides is 1. The van der Waals surface area contributed by atoms with E-state index in [1.165, 1.54) is 0 Å². The summed E-state index contributed by atoms with van der Waals surface area (Å²) in [6, 6.07) is 8.31. The average molecular weight is 333 g/mol. The van der Waals surface area contributed by atoms with E-state index in [9.17, 15) is 4.79 Å². The fraction of sp³-hybridized carbons (Fsp3) is 0.556. The summed E-state index contributed by atoms with van der Waals surface area (Å²) in [5, 5.41) is 6.58. The van der Waals surface area contributed by atoms with Crippen molar-refractivity contribution in [2.24, 2.45) is 10.7 Å². The summed E-state index contributed by atoms with van der Waals surface area (Å²) in [5.41, 5.74) is 6.81. The van der Waals surface area contributed by atoms with Gasteiger partial charge < -0.3 is 16.4 Å². The standard InChI is InChI=1S/C18H31N5O/c1-13(2)23(14(3)4)10-9-21-18(20-5)22-12-15-7-6-8-16(11-15)17(19)24/h6-8,11,13-14H,9-10,12H2,1-5H3,(H2,19,24)(H2,20,21,22). The molecular formula is C18H31N5O. The first-order valence-electron chi connectivity index (χ1n) is 8.44. The minimum absolute atomic E-state index is 0.415. The quantitative estimate of drug-likeness (QED) is 0.498. The highest BCUT2D eigenvalue weighted by atomic mass is 16.1. The van der Waals surface area contributed by atoms with Crippen molar-refractivity contribution in [2.45, 2.75) is 46.3 Å². The Hall–Kier alpha value is -2.08. The maximum atomic E-state index is 11.2. The van der Waals surface area contributed by atoms with Gasteiger partial charge in [0.1, 0.15) is 0 Å². The largest absolute Gasteiger partial charge is 0.366 e. The Labute approximate surface area is 145 Å². The van der Waals surface area contributed by atoms with E-state index in [0.717, 1.165) is 24.6 Å². The minimum Gasteiger partial charge on any atom is -0.366 e. The molecular weight excluding hydrogens is 302 g/mol. The molecule has 0 fully saturated rings. The molecule has 0 atom stereocenters. The van der Waals surface area contributed by atoms with Crippen LogP contribution in [0.15, 0.2) is 29.3 Å². The second-order valence-electron chi connectivity index (χ2n) is 6.34. The lowest BCUT2D eigenvalue weighted by molar-refractivity contribution is 0.1000. The van der Waals surface area contributed by atoms with Gasteiger partial charge in [0.15, 0.2) is 5.96 Å². The summed E-state index contributed by atoms with van der Waals surface area (Å²) >= 11 is 0. The van der Waals surface area contributed by atoms with Crippen LogP contribution in [-0.2, 0) is 6.54 Å². The number of nitrogens with one attached hydrogen (secondary N) is 2. The van der Waals surface area contributed by atoms with Gasteiger partial charge in [0.2, 0.25) is 5.91 Å². The molecule has 6 heteroatoms.